The summed E-state index contributed by atoms with van der Waals surface area (Å²) in [4.78, 5) is 5.23. The van der Waals surface area contributed by atoms with Crippen LogP contribution in [0.1, 0.15) is 46.0 Å². The molecule has 0 aromatic carbocycles. The van der Waals surface area contributed by atoms with Crippen LogP contribution in [0.2, 0.25) is 0 Å². The van der Waals surface area contributed by atoms with Crippen molar-refractivity contribution < 1.29 is 0 Å². The Morgan fingerprint density at radius 2 is 1.88 bits per heavy atom. The van der Waals surface area contributed by atoms with E-state index in [1.807, 2.05) is 0 Å². The number of piperidine rings is 1. The van der Waals surface area contributed by atoms with Gasteiger partial charge in [-0.1, -0.05) is 6.92 Å². The number of nitrogens with zero attached hydrogens (tertiary/aromatic N) is 2. The lowest BCUT2D eigenvalue weighted by Crippen LogP contribution is -2.62. The molecule has 2 heterocycles. The molecule has 0 bridgehead atoms. The van der Waals surface area contributed by atoms with E-state index < -0.39 is 0 Å². The van der Waals surface area contributed by atoms with E-state index in [2.05, 4.69) is 30.7 Å². The molecule has 2 atom stereocenters. The van der Waals surface area contributed by atoms with Gasteiger partial charge in [-0.2, -0.15) is 0 Å². The molecule has 2 saturated heterocycles. The van der Waals surface area contributed by atoms with E-state index in [1.165, 1.54) is 45.2 Å². The Morgan fingerprint density at radius 3 is 2.41 bits per heavy atom. The van der Waals surface area contributed by atoms with Gasteiger partial charge in [0.15, 0.2) is 0 Å². The Labute approximate surface area is 106 Å². The van der Waals surface area contributed by atoms with Crippen LogP contribution < -0.4 is 5.73 Å². The number of hydrogen-bond acceptors (Lipinski definition) is 3. The van der Waals surface area contributed by atoms with E-state index in [0.717, 1.165) is 18.6 Å². The van der Waals surface area contributed by atoms with Crippen LogP contribution in [-0.4, -0.2) is 54.1 Å². The first kappa shape index (κ1) is 13.3. The maximum absolute atomic E-state index is 6.18. The van der Waals surface area contributed by atoms with Gasteiger partial charge in [0.2, 0.25) is 0 Å². The van der Waals surface area contributed by atoms with Gasteiger partial charge in [0.25, 0.3) is 0 Å². The molecule has 0 spiro atoms. The van der Waals surface area contributed by atoms with Crippen LogP contribution >= 0.6 is 0 Å². The zero-order valence-corrected chi connectivity index (χ0v) is 11.8. The van der Waals surface area contributed by atoms with E-state index in [9.17, 15) is 0 Å². The fraction of sp³-hybridized carbons (Fsp3) is 1.00. The van der Waals surface area contributed by atoms with Crippen molar-refractivity contribution >= 4 is 0 Å². The maximum Gasteiger partial charge on any atom is 0.0361 e. The Bertz CT molecular complexity index is 246. The quantitative estimate of drug-likeness (QED) is 0.813. The molecule has 2 N–H and O–H groups in total. The second-order valence-electron chi connectivity index (χ2n) is 6.13. The molecule has 0 radical (unpaired) electrons. The van der Waals surface area contributed by atoms with Gasteiger partial charge in [0.1, 0.15) is 0 Å². The molecule has 3 heteroatoms. The van der Waals surface area contributed by atoms with Crippen LogP contribution in [0.5, 0.6) is 0 Å². The monoisotopic (exact) mass is 239 g/mol. The van der Waals surface area contributed by atoms with Crippen molar-refractivity contribution in [3.8, 4) is 0 Å². The molecule has 0 aliphatic carbocycles. The van der Waals surface area contributed by atoms with Gasteiger partial charge in [-0.25, -0.2) is 0 Å². The first-order valence-corrected chi connectivity index (χ1v) is 7.30. The van der Waals surface area contributed by atoms with Crippen molar-refractivity contribution in [2.75, 3.05) is 26.7 Å². The molecule has 100 valence electrons. The van der Waals surface area contributed by atoms with Gasteiger partial charge in [0, 0.05) is 24.2 Å². The Kier molecular flexibility index (Phi) is 4.11. The summed E-state index contributed by atoms with van der Waals surface area (Å²) in [6.45, 7) is 7.97. The molecule has 2 aliphatic heterocycles. The van der Waals surface area contributed by atoms with Gasteiger partial charge < -0.3 is 10.6 Å². The summed E-state index contributed by atoms with van der Waals surface area (Å²) in [5.41, 5.74) is 6.48. The minimum Gasteiger partial charge on any atom is -0.329 e. The SMILES string of the molecule is CCC1CCC(C)N1C1(CN)CCN(C)CC1. The highest BCUT2D eigenvalue weighted by molar-refractivity contribution is 5.02. The van der Waals surface area contributed by atoms with E-state index in [4.69, 9.17) is 5.73 Å². The highest BCUT2D eigenvalue weighted by atomic mass is 15.3. The molecule has 2 unspecified atom stereocenters. The molecule has 0 aromatic heterocycles. The molecule has 0 saturated carbocycles. The predicted molar refractivity (Wildman–Crippen MR) is 73.1 cm³/mol. The third-order valence-electron chi connectivity index (χ3n) is 5.10. The lowest BCUT2D eigenvalue weighted by Gasteiger charge is -2.50. The van der Waals surface area contributed by atoms with E-state index in [1.54, 1.807) is 0 Å². The van der Waals surface area contributed by atoms with E-state index in [0.29, 0.717) is 5.54 Å². The average Bonchev–Trinajstić information content (AvgIpc) is 2.73. The van der Waals surface area contributed by atoms with Gasteiger partial charge in [-0.3, -0.25) is 4.90 Å². The van der Waals surface area contributed by atoms with Crippen LogP contribution in [-0.2, 0) is 0 Å². The van der Waals surface area contributed by atoms with E-state index >= 15 is 0 Å². The van der Waals surface area contributed by atoms with Crippen LogP contribution in [0.25, 0.3) is 0 Å². The lowest BCUT2D eigenvalue weighted by molar-refractivity contribution is -0.0000747. The summed E-state index contributed by atoms with van der Waals surface area (Å²) in [6.07, 6.45) is 6.51. The van der Waals surface area contributed by atoms with Crippen molar-refractivity contribution in [3.63, 3.8) is 0 Å². The molecule has 0 aromatic rings. The van der Waals surface area contributed by atoms with Crippen LogP contribution in [0.4, 0.5) is 0 Å². The second kappa shape index (κ2) is 5.25. The predicted octanol–water partition coefficient (Wildman–Crippen LogP) is 1.67. The van der Waals surface area contributed by atoms with Crippen LogP contribution in [0.15, 0.2) is 0 Å². The van der Waals surface area contributed by atoms with E-state index in [-0.39, 0.29) is 0 Å². The lowest BCUT2D eigenvalue weighted by atomic mass is 9.84. The molecule has 3 nitrogen and oxygen atoms in total. The first-order chi connectivity index (χ1) is 8.13. The largest absolute Gasteiger partial charge is 0.329 e. The highest BCUT2D eigenvalue weighted by Crippen LogP contribution is 2.38. The smallest absolute Gasteiger partial charge is 0.0361 e. The molecular weight excluding hydrogens is 210 g/mol. The minimum atomic E-state index is 0.295. The summed E-state index contributed by atoms with van der Waals surface area (Å²) >= 11 is 0. The number of hydrogen-bond donors (Lipinski definition) is 1. The topological polar surface area (TPSA) is 32.5 Å². The number of nitrogens with two attached hydrogens (primary N) is 1. The molecular formula is C14H29N3. The average molecular weight is 239 g/mol. The van der Waals surface area contributed by atoms with Crippen molar-refractivity contribution in [2.45, 2.75) is 63.6 Å². The summed E-state index contributed by atoms with van der Waals surface area (Å²) in [6, 6.07) is 1.50. The fourth-order valence-electron chi connectivity index (χ4n) is 3.93. The van der Waals surface area contributed by atoms with Crippen LogP contribution in [0.3, 0.4) is 0 Å². The normalized spacial score (nSPS) is 35.3. The standard InChI is InChI=1S/C14H29N3/c1-4-13-6-5-12(2)17(13)14(11-15)7-9-16(3)10-8-14/h12-13H,4-11,15H2,1-3H3. The maximum atomic E-state index is 6.18. The van der Waals surface area contributed by atoms with Gasteiger partial charge in [-0.05, 0) is 59.2 Å². The first-order valence-electron chi connectivity index (χ1n) is 7.30. The molecule has 0 amide bonds. The zero-order valence-electron chi connectivity index (χ0n) is 11.8. The zero-order chi connectivity index (χ0) is 12.5. The van der Waals surface area contributed by atoms with Crippen molar-refractivity contribution in [3.05, 3.63) is 0 Å². The third-order valence-corrected chi connectivity index (χ3v) is 5.10. The second-order valence-corrected chi connectivity index (χ2v) is 6.13. The fourth-order valence-corrected chi connectivity index (χ4v) is 3.93. The van der Waals surface area contributed by atoms with Gasteiger partial charge in [-0.15, -0.1) is 0 Å². The Balaban J connectivity index is 2.16. The Morgan fingerprint density at radius 1 is 1.24 bits per heavy atom. The van der Waals surface area contributed by atoms with Gasteiger partial charge >= 0.3 is 0 Å². The highest BCUT2D eigenvalue weighted by Gasteiger charge is 2.45. The number of likely N-dealkylation sites (tertiary alicyclic amines) is 2. The van der Waals surface area contributed by atoms with Gasteiger partial charge in [0.05, 0.1) is 0 Å². The molecule has 2 aliphatic rings. The van der Waals surface area contributed by atoms with Crippen molar-refractivity contribution in [2.24, 2.45) is 5.73 Å². The van der Waals surface area contributed by atoms with Crippen molar-refractivity contribution in [1.82, 2.24) is 9.80 Å². The summed E-state index contributed by atoms with van der Waals surface area (Å²) in [5.74, 6) is 0. The number of rotatable bonds is 3. The third kappa shape index (κ3) is 2.38. The Hall–Kier alpha value is -0.120. The summed E-state index contributed by atoms with van der Waals surface area (Å²) in [7, 11) is 2.23. The summed E-state index contributed by atoms with van der Waals surface area (Å²) in [5, 5.41) is 0. The minimum absolute atomic E-state index is 0.295. The van der Waals surface area contributed by atoms with Crippen molar-refractivity contribution in [1.29, 1.82) is 0 Å². The molecule has 17 heavy (non-hydrogen) atoms. The molecule has 2 fully saturated rings. The summed E-state index contributed by atoms with van der Waals surface area (Å²) < 4.78 is 0. The van der Waals surface area contributed by atoms with Crippen LogP contribution in [0, 0.1) is 0 Å². The molecule has 2 rings (SSSR count).